The molecule has 7 heteroatoms. The third kappa shape index (κ3) is 4.57. The molecule has 20 heavy (non-hydrogen) atoms. The Balaban J connectivity index is 1.64. The quantitative estimate of drug-likeness (QED) is 0.861. The molecule has 0 bridgehead atoms. The first-order chi connectivity index (χ1) is 9.65. The highest BCUT2D eigenvalue weighted by Crippen LogP contribution is 2.20. The number of aromatic nitrogens is 2. The van der Waals surface area contributed by atoms with E-state index in [9.17, 15) is 4.79 Å². The van der Waals surface area contributed by atoms with Gasteiger partial charge in [-0.25, -0.2) is 14.8 Å². The van der Waals surface area contributed by atoms with E-state index in [-0.39, 0.29) is 11.9 Å². The Hall–Kier alpha value is -1.47. The molecule has 2 aromatic heterocycles. The number of carbonyl (C=O) groups excluding carboxylic acids is 1. The molecular weight excluding hydrogens is 292 g/mol. The molecule has 5 nitrogen and oxygen atoms in total. The summed E-state index contributed by atoms with van der Waals surface area (Å²) in [6.45, 7) is 5.29. The van der Waals surface area contributed by atoms with E-state index in [1.165, 1.54) is 4.88 Å². The number of nitrogens with zero attached hydrogens (tertiary/aromatic N) is 2. The zero-order valence-electron chi connectivity index (χ0n) is 11.5. The van der Waals surface area contributed by atoms with Gasteiger partial charge in [0, 0.05) is 41.9 Å². The van der Waals surface area contributed by atoms with E-state index in [0.29, 0.717) is 13.1 Å². The van der Waals surface area contributed by atoms with Crippen molar-refractivity contribution in [3.8, 4) is 0 Å². The van der Waals surface area contributed by atoms with E-state index in [2.05, 4.69) is 27.5 Å². The molecule has 2 N–H and O–H groups in total. The van der Waals surface area contributed by atoms with Gasteiger partial charge in [0.25, 0.3) is 0 Å². The van der Waals surface area contributed by atoms with Crippen molar-refractivity contribution in [1.82, 2.24) is 20.6 Å². The largest absolute Gasteiger partial charge is 0.338 e. The molecule has 0 spiro atoms. The first-order valence-electron chi connectivity index (χ1n) is 6.46. The Bertz CT molecular complexity index is 538. The van der Waals surface area contributed by atoms with E-state index in [0.717, 1.165) is 17.1 Å². The minimum absolute atomic E-state index is 0.139. The maximum absolute atomic E-state index is 11.7. The van der Waals surface area contributed by atoms with Crippen molar-refractivity contribution < 1.29 is 4.79 Å². The van der Waals surface area contributed by atoms with Crippen LogP contribution in [0.5, 0.6) is 0 Å². The Morgan fingerprint density at radius 1 is 1.40 bits per heavy atom. The van der Waals surface area contributed by atoms with Gasteiger partial charge in [-0.2, -0.15) is 0 Å². The fraction of sp³-hybridized carbons (Fsp3) is 0.462. The molecule has 0 radical (unpaired) electrons. The molecule has 0 aromatic carbocycles. The maximum atomic E-state index is 11.7. The highest BCUT2D eigenvalue weighted by Gasteiger charge is 2.10. The van der Waals surface area contributed by atoms with E-state index >= 15 is 0 Å². The Morgan fingerprint density at radius 3 is 2.90 bits per heavy atom. The lowest BCUT2D eigenvalue weighted by Gasteiger charge is -2.11. The van der Waals surface area contributed by atoms with Crippen LogP contribution in [0.15, 0.2) is 17.1 Å². The summed E-state index contributed by atoms with van der Waals surface area (Å²) in [6.07, 6.45) is 2.63. The summed E-state index contributed by atoms with van der Waals surface area (Å²) in [5.74, 6) is 0.234. The summed E-state index contributed by atoms with van der Waals surface area (Å²) in [6, 6.07) is -0.139. The third-order valence-corrected chi connectivity index (χ3v) is 4.56. The van der Waals surface area contributed by atoms with Crippen molar-refractivity contribution in [3.05, 3.63) is 32.7 Å². The second-order valence-corrected chi connectivity index (χ2v) is 6.56. The van der Waals surface area contributed by atoms with Gasteiger partial charge in [-0.15, -0.1) is 22.7 Å². The molecule has 2 aromatic rings. The second-order valence-electron chi connectivity index (χ2n) is 4.58. The first kappa shape index (κ1) is 14.9. The molecule has 0 aliphatic rings. The normalized spacial score (nSPS) is 12.1. The van der Waals surface area contributed by atoms with Crippen LogP contribution in [0.2, 0.25) is 0 Å². The number of carbonyl (C=O) groups is 1. The molecular formula is C13H18N4OS2. The van der Waals surface area contributed by atoms with Gasteiger partial charge in [0.05, 0.1) is 16.2 Å². The third-order valence-electron chi connectivity index (χ3n) is 2.78. The average Bonchev–Trinajstić information content (AvgIpc) is 3.07. The van der Waals surface area contributed by atoms with Gasteiger partial charge in [-0.1, -0.05) is 6.92 Å². The topological polar surface area (TPSA) is 66.9 Å². The number of nitrogens with one attached hydrogen (secondary N) is 2. The van der Waals surface area contributed by atoms with Crippen LogP contribution in [0.1, 0.15) is 28.4 Å². The molecule has 2 heterocycles. The van der Waals surface area contributed by atoms with Crippen molar-refractivity contribution in [2.75, 3.05) is 13.1 Å². The van der Waals surface area contributed by atoms with Gasteiger partial charge in [-0.05, 0) is 6.92 Å². The van der Waals surface area contributed by atoms with Crippen LogP contribution >= 0.6 is 22.7 Å². The molecule has 0 fully saturated rings. The summed E-state index contributed by atoms with van der Waals surface area (Å²) < 4.78 is 0. The fourth-order valence-electron chi connectivity index (χ4n) is 1.66. The zero-order chi connectivity index (χ0) is 14.4. The van der Waals surface area contributed by atoms with Gasteiger partial charge in [0.1, 0.15) is 0 Å². The average molecular weight is 310 g/mol. The van der Waals surface area contributed by atoms with Crippen LogP contribution in [0.25, 0.3) is 0 Å². The Morgan fingerprint density at radius 2 is 2.25 bits per heavy atom. The predicted molar refractivity (Wildman–Crippen MR) is 82.5 cm³/mol. The van der Waals surface area contributed by atoms with E-state index in [4.69, 9.17) is 0 Å². The van der Waals surface area contributed by atoms with Gasteiger partial charge < -0.3 is 10.6 Å². The number of thiazole rings is 2. The van der Waals surface area contributed by atoms with Crippen LogP contribution in [-0.4, -0.2) is 29.1 Å². The van der Waals surface area contributed by atoms with E-state index in [1.807, 2.05) is 18.5 Å². The molecule has 1 atom stereocenters. The van der Waals surface area contributed by atoms with Crippen molar-refractivity contribution in [2.24, 2.45) is 0 Å². The molecule has 108 valence electrons. The molecule has 0 aliphatic heterocycles. The van der Waals surface area contributed by atoms with Gasteiger partial charge >= 0.3 is 6.03 Å². The summed E-state index contributed by atoms with van der Waals surface area (Å²) >= 11 is 3.24. The minimum Gasteiger partial charge on any atom is -0.338 e. The summed E-state index contributed by atoms with van der Waals surface area (Å²) in [4.78, 5) is 21.3. The summed E-state index contributed by atoms with van der Waals surface area (Å²) in [7, 11) is 0. The zero-order valence-corrected chi connectivity index (χ0v) is 13.2. The highest BCUT2D eigenvalue weighted by atomic mass is 32.1. The lowest BCUT2D eigenvalue weighted by molar-refractivity contribution is 0.240. The van der Waals surface area contributed by atoms with Crippen LogP contribution in [0.3, 0.4) is 0 Å². The fourth-order valence-corrected chi connectivity index (χ4v) is 3.08. The molecule has 2 amide bonds. The molecule has 2 rings (SSSR count). The second kappa shape index (κ2) is 7.35. The van der Waals surface area contributed by atoms with E-state index in [1.54, 1.807) is 28.2 Å². The van der Waals surface area contributed by atoms with Crippen LogP contribution in [-0.2, 0) is 6.42 Å². The SMILES string of the molecule is Cc1cnc([C@@H](C)CNC(=O)NCCc2cscn2)s1. The minimum atomic E-state index is -0.139. The lowest BCUT2D eigenvalue weighted by Crippen LogP contribution is -2.38. The van der Waals surface area contributed by atoms with Crippen molar-refractivity contribution in [2.45, 2.75) is 26.2 Å². The van der Waals surface area contributed by atoms with Gasteiger partial charge in [0.15, 0.2) is 0 Å². The van der Waals surface area contributed by atoms with Gasteiger partial charge in [-0.3, -0.25) is 0 Å². The lowest BCUT2D eigenvalue weighted by atomic mass is 10.2. The molecule has 0 saturated carbocycles. The number of rotatable bonds is 6. The number of urea groups is 1. The molecule has 0 saturated heterocycles. The number of hydrogen-bond acceptors (Lipinski definition) is 5. The predicted octanol–water partition coefficient (Wildman–Crippen LogP) is 2.55. The van der Waals surface area contributed by atoms with Crippen LogP contribution in [0.4, 0.5) is 4.79 Å². The smallest absolute Gasteiger partial charge is 0.314 e. The van der Waals surface area contributed by atoms with Crippen molar-refractivity contribution >= 4 is 28.7 Å². The standard InChI is InChI=1S/C13H18N4OS2/c1-9(12-15-6-10(2)20-12)5-16-13(18)14-4-3-11-7-19-8-17-11/h6-9H,3-5H2,1-2H3,(H2,14,16,18)/t9-/m0/s1. The number of amides is 2. The van der Waals surface area contributed by atoms with Crippen molar-refractivity contribution in [1.29, 1.82) is 0 Å². The van der Waals surface area contributed by atoms with Crippen molar-refractivity contribution in [3.63, 3.8) is 0 Å². The van der Waals surface area contributed by atoms with E-state index < -0.39 is 0 Å². The Labute approximate surface area is 126 Å². The number of hydrogen-bond donors (Lipinski definition) is 2. The number of aryl methyl sites for hydroxylation is 1. The Kier molecular flexibility index (Phi) is 5.49. The van der Waals surface area contributed by atoms with Crippen LogP contribution in [0, 0.1) is 6.92 Å². The first-order valence-corrected chi connectivity index (χ1v) is 8.22. The molecule has 0 aliphatic carbocycles. The summed E-state index contributed by atoms with van der Waals surface area (Å²) in [5.41, 5.74) is 2.81. The highest BCUT2D eigenvalue weighted by molar-refractivity contribution is 7.11. The monoisotopic (exact) mass is 310 g/mol. The van der Waals surface area contributed by atoms with Crippen LogP contribution < -0.4 is 10.6 Å². The molecule has 0 unspecified atom stereocenters. The van der Waals surface area contributed by atoms with Gasteiger partial charge in [0.2, 0.25) is 0 Å². The summed E-state index contributed by atoms with van der Waals surface area (Å²) in [5, 5.41) is 8.75. The maximum Gasteiger partial charge on any atom is 0.314 e.